The van der Waals surface area contributed by atoms with Crippen molar-refractivity contribution >= 4 is 33.2 Å². The molecule has 8 nitrogen and oxygen atoms in total. The van der Waals surface area contributed by atoms with Crippen molar-refractivity contribution in [2.24, 2.45) is 5.92 Å². The number of piperazine rings is 1. The van der Waals surface area contributed by atoms with E-state index >= 15 is 4.39 Å². The molecule has 1 amide bonds. The molecule has 1 saturated heterocycles. The van der Waals surface area contributed by atoms with Crippen LogP contribution in [0.4, 0.5) is 14.5 Å². The van der Waals surface area contributed by atoms with E-state index in [0.29, 0.717) is 30.1 Å². The van der Waals surface area contributed by atoms with Crippen LogP contribution in [0.2, 0.25) is 5.02 Å². The zero-order valence-electron chi connectivity index (χ0n) is 26.0. The van der Waals surface area contributed by atoms with Gasteiger partial charge in [-0.3, -0.25) is 9.78 Å². The number of anilines is 1. The Morgan fingerprint density at radius 2 is 1.81 bits per heavy atom. The lowest BCUT2D eigenvalue weighted by molar-refractivity contribution is -0.118. The molecule has 1 saturated carbocycles. The van der Waals surface area contributed by atoms with Crippen LogP contribution in [0.25, 0.3) is 0 Å². The summed E-state index contributed by atoms with van der Waals surface area (Å²) in [5.41, 5.74) is 0.993. The van der Waals surface area contributed by atoms with Crippen molar-refractivity contribution in [3.8, 4) is 0 Å². The molecule has 1 unspecified atom stereocenters. The fourth-order valence-electron chi connectivity index (χ4n) is 7.03. The van der Waals surface area contributed by atoms with Crippen molar-refractivity contribution in [3.63, 3.8) is 0 Å². The molecule has 0 bridgehead atoms. The molecule has 2 aliphatic rings. The Kier molecular flexibility index (Phi) is 9.46. The van der Waals surface area contributed by atoms with Gasteiger partial charge in [-0.1, -0.05) is 54.1 Å². The molecule has 1 spiro atoms. The smallest absolute Gasteiger partial charge is 0.243 e. The SMILES string of the molecule is CN[C@H](C(=O)Nc1cncc(F)c1C[C@@H]1CC12CNC[C@@H](C)N2S(=O)(=O)c1ccccc1)[C@@H](c1ccc(Cl)cc1)c1cccc(F)c1. The molecule has 3 aromatic carbocycles. The number of rotatable bonds is 10. The van der Waals surface area contributed by atoms with E-state index in [1.165, 1.54) is 18.3 Å². The normalized spacial score (nSPS) is 22.5. The number of nitrogens with one attached hydrogen (secondary N) is 3. The van der Waals surface area contributed by atoms with Crippen LogP contribution in [-0.2, 0) is 21.2 Å². The molecule has 2 fully saturated rings. The maximum Gasteiger partial charge on any atom is 0.243 e. The van der Waals surface area contributed by atoms with Gasteiger partial charge >= 0.3 is 0 Å². The van der Waals surface area contributed by atoms with Gasteiger partial charge < -0.3 is 16.0 Å². The van der Waals surface area contributed by atoms with E-state index in [1.807, 2.05) is 6.92 Å². The number of benzene rings is 3. The van der Waals surface area contributed by atoms with Gasteiger partial charge in [0.1, 0.15) is 11.6 Å². The van der Waals surface area contributed by atoms with Gasteiger partial charge in [0.05, 0.1) is 34.6 Å². The van der Waals surface area contributed by atoms with Crippen LogP contribution in [0, 0.1) is 17.6 Å². The minimum Gasteiger partial charge on any atom is -0.323 e. The van der Waals surface area contributed by atoms with Gasteiger partial charge in [-0.2, -0.15) is 4.31 Å². The van der Waals surface area contributed by atoms with Crippen molar-refractivity contribution < 1.29 is 22.0 Å². The number of amides is 1. The summed E-state index contributed by atoms with van der Waals surface area (Å²) >= 11 is 6.14. The Morgan fingerprint density at radius 3 is 2.51 bits per heavy atom. The third kappa shape index (κ3) is 6.55. The van der Waals surface area contributed by atoms with Crippen molar-refractivity contribution in [3.05, 3.63) is 125 Å². The number of hydrogen-bond acceptors (Lipinski definition) is 6. The summed E-state index contributed by atoms with van der Waals surface area (Å²) in [4.78, 5) is 18.2. The molecule has 1 aliphatic heterocycles. The van der Waals surface area contributed by atoms with Gasteiger partial charge in [-0.05, 0) is 80.3 Å². The highest BCUT2D eigenvalue weighted by molar-refractivity contribution is 7.89. The molecular weight excluding hydrogens is 644 g/mol. The van der Waals surface area contributed by atoms with E-state index in [4.69, 9.17) is 11.6 Å². The van der Waals surface area contributed by atoms with Crippen LogP contribution in [0.3, 0.4) is 0 Å². The Hall–Kier alpha value is -3.74. The number of nitrogens with zero attached hydrogens (tertiary/aromatic N) is 2. The number of carbonyl (C=O) groups is 1. The average Bonchev–Trinajstić information content (AvgIpc) is 3.72. The topological polar surface area (TPSA) is 103 Å². The molecular formula is C35H36ClF2N5O3S. The fourth-order valence-corrected chi connectivity index (χ4v) is 9.20. The van der Waals surface area contributed by atoms with Crippen molar-refractivity contribution in [2.45, 2.75) is 48.2 Å². The first-order valence-corrected chi connectivity index (χ1v) is 17.3. The zero-order valence-corrected chi connectivity index (χ0v) is 27.5. The highest BCUT2D eigenvalue weighted by Gasteiger charge is 2.63. The van der Waals surface area contributed by atoms with Crippen LogP contribution in [0.1, 0.15) is 36.0 Å². The molecule has 1 aliphatic carbocycles. The predicted molar refractivity (Wildman–Crippen MR) is 178 cm³/mol. The highest BCUT2D eigenvalue weighted by Crippen LogP contribution is 2.54. The number of carbonyl (C=O) groups excluding carboxylic acids is 1. The third-order valence-corrected chi connectivity index (χ3v) is 11.6. The third-order valence-electron chi connectivity index (χ3n) is 9.29. The van der Waals surface area contributed by atoms with E-state index in [2.05, 4.69) is 20.9 Å². The molecule has 4 aromatic rings. The highest BCUT2D eigenvalue weighted by atomic mass is 35.5. The monoisotopic (exact) mass is 679 g/mol. The van der Waals surface area contributed by atoms with Gasteiger partial charge in [0.15, 0.2) is 0 Å². The summed E-state index contributed by atoms with van der Waals surface area (Å²) in [6.45, 7) is 2.80. The largest absolute Gasteiger partial charge is 0.323 e. The lowest BCUT2D eigenvalue weighted by Gasteiger charge is -2.41. The van der Waals surface area contributed by atoms with E-state index in [-0.39, 0.29) is 34.5 Å². The zero-order chi connectivity index (χ0) is 33.3. The number of pyridine rings is 1. The molecule has 12 heteroatoms. The minimum atomic E-state index is -3.83. The summed E-state index contributed by atoms with van der Waals surface area (Å²) in [5.74, 6) is -2.34. The van der Waals surface area contributed by atoms with Gasteiger partial charge in [0, 0.05) is 35.6 Å². The van der Waals surface area contributed by atoms with Crippen molar-refractivity contribution in [1.82, 2.24) is 19.9 Å². The summed E-state index contributed by atoms with van der Waals surface area (Å²) in [5, 5.41) is 9.83. The molecule has 246 valence electrons. The summed E-state index contributed by atoms with van der Waals surface area (Å²) in [6.07, 6.45) is 3.22. The maximum atomic E-state index is 15.5. The van der Waals surface area contributed by atoms with Crippen LogP contribution >= 0.6 is 11.6 Å². The quantitative estimate of drug-likeness (QED) is 0.209. The molecule has 47 heavy (non-hydrogen) atoms. The molecule has 5 atom stereocenters. The number of aromatic nitrogens is 1. The lowest BCUT2D eigenvalue weighted by atomic mass is 9.84. The molecule has 2 heterocycles. The van der Waals surface area contributed by atoms with E-state index in [0.717, 1.165) is 11.8 Å². The Morgan fingerprint density at radius 1 is 1.06 bits per heavy atom. The van der Waals surface area contributed by atoms with Crippen LogP contribution in [0.15, 0.2) is 96.2 Å². The first kappa shape index (κ1) is 33.2. The molecule has 0 radical (unpaired) electrons. The van der Waals surface area contributed by atoms with E-state index < -0.39 is 45.1 Å². The van der Waals surface area contributed by atoms with Crippen LogP contribution in [0.5, 0.6) is 0 Å². The number of halogens is 3. The fraction of sp³-hybridized carbons (Fsp3) is 0.314. The first-order chi connectivity index (χ1) is 22.5. The van der Waals surface area contributed by atoms with Crippen molar-refractivity contribution in [1.29, 1.82) is 0 Å². The van der Waals surface area contributed by atoms with Gasteiger partial charge in [-0.15, -0.1) is 0 Å². The van der Waals surface area contributed by atoms with Gasteiger partial charge in [0.2, 0.25) is 15.9 Å². The predicted octanol–water partition coefficient (Wildman–Crippen LogP) is 5.36. The second-order valence-electron chi connectivity index (χ2n) is 12.3. The summed E-state index contributed by atoms with van der Waals surface area (Å²) < 4.78 is 59.3. The van der Waals surface area contributed by atoms with Gasteiger partial charge in [0.25, 0.3) is 0 Å². The first-order valence-electron chi connectivity index (χ1n) is 15.5. The lowest BCUT2D eigenvalue weighted by Crippen LogP contribution is -2.60. The van der Waals surface area contributed by atoms with Crippen molar-refractivity contribution in [2.75, 3.05) is 25.5 Å². The second kappa shape index (κ2) is 13.4. The van der Waals surface area contributed by atoms with Crippen LogP contribution in [-0.4, -0.2) is 61.4 Å². The van der Waals surface area contributed by atoms with Gasteiger partial charge in [-0.25, -0.2) is 17.2 Å². The minimum absolute atomic E-state index is 0.188. The Labute approximate surface area is 278 Å². The number of sulfonamides is 1. The van der Waals surface area contributed by atoms with E-state index in [9.17, 15) is 17.6 Å². The Balaban J connectivity index is 1.29. The molecule has 3 N–H and O–H groups in total. The Bertz CT molecular complexity index is 1860. The number of likely N-dealkylation sites (N-methyl/N-ethyl adjacent to an activating group) is 1. The second-order valence-corrected chi connectivity index (χ2v) is 14.5. The summed E-state index contributed by atoms with van der Waals surface area (Å²) in [6, 6.07) is 20.2. The molecule has 6 rings (SSSR count). The maximum absolute atomic E-state index is 15.5. The van der Waals surface area contributed by atoms with Crippen LogP contribution < -0.4 is 16.0 Å². The standard InChI is InChI=1S/C35H36ClF2N5O3S/c1-22-18-41-21-35(43(22)47(45,46)28-9-4-3-5-10-28)17-25(35)16-29-30(38)19-40-20-31(29)42-34(44)33(39-2)32(23-11-13-26(36)14-12-23)24-7-6-8-27(37)15-24/h3-15,19-20,22,25,32-33,39,41H,16-18,21H2,1-2H3,(H,42,44)/t22-,25-,32+,33+,35?/m1/s1. The summed E-state index contributed by atoms with van der Waals surface area (Å²) in [7, 11) is -2.20. The molecule has 1 aromatic heterocycles. The number of hydrogen-bond donors (Lipinski definition) is 3. The van der Waals surface area contributed by atoms with E-state index in [1.54, 1.807) is 78.1 Å². The average molecular weight is 680 g/mol.